The van der Waals surface area contributed by atoms with E-state index in [4.69, 9.17) is 35.3 Å². The van der Waals surface area contributed by atoms with Gasteiger partial charge in [0, 0.05) is 17.2 Å². The fourth-order valence-electron chi connectivity index (χ4n) is 3.46. The number of methoxy groups -OCH3 is 3. The summed E-state index contributed by atoms with van der Waals surface area (Å²) in [6, 6.07) is 12.7. The van der Waals surface area contributed by atoms with E-state index in [9.17, 15) is 9.18 Å². The Balaban J connectivity index is 1.59. The molecule has 4 rings (SSSR count). The molecule has 170 valence electrons. The van der Waals surface area contributed by atoms with Crippen molar-refractivity contribution in [3.8, 4) is 28.7 Å². The van der Waals surface area contributed by atoms with Crippen LogP contribution in [0.15, 0.2) is 54.3 Å². The van der Waals surface area contributed by atoms with Crippen molar-refractivity contribution in [2.45, 2.75) is 6.61 Å². The molecule has 0 radical (unpaired) electrons. The number of allylic oxidation sites excluding steroid dienone is 1. The van der Waals surface area contributed by atoms with E-state index in [2.05, 4.69) is 0 Å². The highest BCUT2D eigenvalue weighted by molar-refractivity contribution is 6.31. The minimum absolute atomic E-state index is 0.0657. The van der Waals surface area contributed by atoms with Crippen molar-refractivity contribution in [3.05, 3.63) is 81.8 Å². The Hall–Kier alpha value is -3.71. The van der Waals surface area contributed by atoms with E-state index in [0.717, 1.165) is 0 Å². The number of hydrogen-bond donors (Lipinski definition) is 0. The second-order valence-corrected chi connectivity index (χ2v) is 7.42. The highest BCUT2D eigenvalue weighted by atomic mass is 35.5. The smallest absolute Gasteiger partial charge is 0.231 e. The van der Waals surface area contributed by atoms with Gasteiger partial charge < -0.3 is 23.7 Å². The summed E-state index contributed by atoms with van der Waals surface area (Å²) < 4.78 is 41.6. The van der Waals surface area contributed by atoms with Crippen molar-refractivity contribution < 1.29 is 32.9 Å². The highest BCUT2D eigenvalue weighted by Gasteiger charge is 2.29. The first-order chi connectivity index (χ1) is 16.0. The molecule has 0 unspecified atom stereocenters. The van der Waals surface area contributed by atoms with Crippen molar-refractivity contribution in [1.29, 1.82) is 0 Å². The molecule has 1 aliphatic heterocycles. The van der Waals surface area contributed by atoms with Crippen LogP contribution in [0.1, 0.15) is 21.5 Å². The number of benzene rings is 3. The minimum atomic E-state index is -0.454. The van der Waals surface area contributed by atoms with Gasteiger partial charge in [0.2, 0.25) is 11.5 Å². The molecule has 33 heavy (non-hydrogen) atoms. The predicted octanol–water partition coefficient (Wildman–Crippen LogP) is 5.70. The lowest BCUT2D eigenvalue weighted by molar-refractivity contribution is 0.101. The van der Waals surface area contributed by atoms with E-state index >= 15 is 0 Å². The second kappa shape index (κ2) is 9.42. The molecular formula is C25H20ClFO6. The van der Waals surface area contributed by atoms with Crippen LogP contribution in [0.3, 0.4) is 0 Å². The molecule has 0 fully saturated rings. The molecule has 0 atom stereocenters. The summed E-state index contributed by atoms with van der Waals surface area (Å²) in [5, 5.41) is 0.275. The van der Waals surface area contributed by atoms with Gasteiger partial charge in [-0.15, -0.1) is 0 Å². The van der Waals surface area contributed by atoms with Gasteiger partial charge in [0.25, 0.3) is 0 Å². The molecule has 0 N–H and O–H groups in total. The third-order valence-electron chi connectivity index (χ3n) is 5.11. The summed E-state index contributed by atoms with van der Waals surface area (Å²) in [5.41, 5.74) is 1.21. The number of carbonyl (C=O) groups excluding carboxylic acids is 1. The average molecular weight is 471 g/mol. The van der Waals surface area contributed by atoms with Crippen LogP contribution in [-0.2, 0) is 6.61 Å². The van der Waals surface area contributed by atoms with Gasteiger partial charge >= 0.3 is 0 Å². The zero-order valence-corrected chi connectivity index (χ0v) is 18.9. The SMILES string of the molecule is COc1ccc(C=C2Oc3cc(OCc4c(F)cccc4Cl)ccc3C2=O)c(OC)c1OC. The van der Waals surface area contributed by atoms with E-state index in [-0.39, 0.29) is 28.7 Å². The second-order valence-electron chi connectivity index (χ2n) is 7.01. The molecule has 3 aromatic carbocycles. The Morgan fingerprint density at radius 2 is 1.79 bits per heavy atom. The van der Waals surface area contributed by atoms with Gasteiger partial charge in [0.1, 0.15) is 23.9 Å². The fourth-order valence-corrected chi connectivity index (χ4v) is 3.68. The topological polar surface area (TPSA) is 63.2 Å². The van der Waals surface area contributed by atoms with Gasteiger partial charge in [-0.05, 0) is 42.5 Å². The molecule has 0 saturated heterocycles. The van der Waals surface area contributed by atoms with Crippen LogP contribution in [0.5, 0.6) is 28.7 Å². The van der Waals surface area contributed by atoms with Crippen LogP contribution < -0.4 is 23.7 Å². The van der Waals surface area contributed by atoms with Crippen LogP contribution in [0.25, 0.3) is 6.08 Å². The summed E-state index contributed by atoms with van der Waals surface area (Å²) in [7, 11) is 4.52. The van der Waals surface area contributed by atoms with Gasteiger partial charge in [0.05, 0.1) is 31.9 Å². The Bertz CT molecular complexity index is 1230. The number of hydrogen-bond acceptors (Lipinski definition) is 6. The van der Waals surface area contributed by atoms with Crippen LogP contribution >= 0.6 is 11.6 Å². The molecule has 0 saturated carbocycles. The van der Waals surface area contributed by atoms with Gasteiger partial charge in [-0.2, -0.15) is 0 Å². The van der Waals surface area contributed by atoms with E-state index < -0.39 is 5.82 Å². The first-order valence-electron chi connectivity index (χ1n) is 9.89. The van der Waals surface area contributed by atoms with Gasteiger partial charge in [-0.1, -0.05) is 17.7 Å². The fraction of sp³-hybridized carbons (Fsp3) is 0.160. The van der Waals surface area contributed by atoms with E-state index in [1.165, 1.54) is 33.5 Å². The number of rotatable bonds is 7. The Morgan fingerprint density at radius 3 is 2.48 bits per heavy atom. The Labute approximate surface area is 195 Å². The van der Waals surface area contributed by atoms with Crippen molar-refractivity contribution in [3.63, 3.8) is 0 Å². The van der Waals surface area contributed by atoms with Gasteiger partial charge in [-0.3, -0.25) is 4.79 Å². The summed E-state index contributed by atoms with van der Waals surface area (Å²) in [4.78, 5) is 12.9. The van der Waals surface area contributed by atoms with Gasteiger partial charge in [-0.25, -0.2) is 4.39 Å². The molecule has 0 aliphatic carbocycles. The molecule has 8 heteroatoms. The molecule has 1 heterocycles. The maximum atomic E-state index is 14.0. The van der Waals surface area contributed by atoms with Gasteiger partial charge in [0.15, 0.2) is 17.3 Å². The van der Waals surface area contributed by atoms with E-state index in [0.29, 0.717) is 39.9 Å². The lowest BCUT2D eigenvalue weighted by Crippen LogP contribution is -2.00. The number of carbonyl (C=O) groups is 1. The van der Waals surface area contributed by atoms with Crippen molar-refractivity contribution >= 4 is 23.5 Å². The lowest BCUT2D eigenvalue weighted by atomic mass is 10.1. The molecule has 0 aromatic heterocycles. The monoisotopic (exact) mass is 470 g/mol. The molecule has 0 amide bonds. The largest absolute Gasteiger partial charge is 0.493 e. The summed E-state index contributed by atoms with van der Waals surface area (Å²) in [6.45, 7) is -0.0657. The zero-order chi connectivity index (χ0) is 23.5. The molecule has 1 aliphatic rings. The van der Waals surface area contributed by atoms with Crippen LogP contribution in [0.4, 0.5) is 4.39 Å². The average Bonchev–Trinajstić information content (AvgIpc) is 3.12. The third kappa shape index (κ3) is 4.32. The van der Waals surface area contributed by atoms with Crippen LogP contribution in [-0.4, -0.2) is 27.1 Å². The van der Waals surface area contributed by atoms with Crippen LogP contribution in [0, 0.1) is 5.82 Å². The zero-order valence-electron chi connectivity index (χ0n) is 18.1. The number of fused-ring (bicyclic) bond motifs is 1. The van der Waals surface area contributed by atoms with Crippen LogP contribution in [0.2, 0.25) is 5.02 Å². The number of ketones is 1. The highest BCUT2D eigenvalue weighted by Crippen LogP contribution is 2.42. The predicted molar refractivity (Wildman–Crippen MR) is 121 cm³/mol. The number of Topliss-reactive ketones (excluding diaryl/α,β-unsaturated/α-hetero) is 1. The summed E-state index contributed by atoms with van der Waals surface area (Å²) >= 11 is 6.05. The normalized spacial score (nSPS) is 13.5. The lowest BCUT2D eigenvalue weighted by Gasteiger charge is -2.14. The standard InChI is InChI=1S/C25H20ClFO6/c1-29-20-10-7-14(24(30-2)25(20)31-3)11-22-23(28)16-9-8-15(12-21(16)33-22)32-13-17-18(26)5-4-6-19(17)27/h4-12H,13H2,1-3H3. The molecule has 3 aromatic rings. The maximum Gasteiger partial charge on any atom is 0.231 e. The Morgan fingerprint density at radius 1 is 1.00 bits per heavy atom. The van der Waals surface area contributed by atoms with E-state index in [1.807, 2.05) is 0 Å². The molecule has 0 spiro atoms. The van der Waals surface area contributed by atoms with Crippen molar-refractivity contribution in [2.24, 2.45) is 0 Å². The summed E-state index contributed by atoms with van der Waals surface area (Å²) in [5.74, 6) is 1.42. The first-order valence-corrected chi connectivity index (χ1v) is 10.3. The molecule has 0 bridgehead atoms. The van der Waals surface area contributed by atoms with Crippen molar-refractivity contribution in [1.82, 2.24) is 0 Å². The molecular weight excluding hydrogens is 451 g/mol. The third-order valence-corrected chi connectivity index (χ3v) is 5.46. The quantitative estimate of drug-likeness (QED) is 0.413. The minimum Gasteiger partial charge on any atom is -0.493 e. The number of halogens is 2. The first kappa shape index (κ1) is 22.5. The Kier molecular flexibility index (Phi) is 6.42. The summed E-state index contributed by atoms with van der Waals surface area (Å²) in [6.07, 6.45) is 1.57. The molecule has 6 nitrogen and oxygen atoms in total. The maximum absolute atomic E-state index is 14.0. The van der Waals surface area contributed by atoms with Crippen molar-refractivity contribution in [2.75, 3.05) is 21.3 Å². The number of ether oxygens (including phenoxy) is 5. The van der Waals surface area contributed by atoms with E-state index in [1.54, 1.807) is 42.5 Å².